The van der Waals surface area contributed by atoms with E-state index in [2.05, 4.69) is 5.32 Å². The summed E-state index contributed by atoms with van der Waals surface area (Å²) in [6.45, 7) is 2.77. The zero-order valence-corrected chi connectivity index (χ0v) is 12.4. The van der Waals surface area contributed by atoms with Gasteiger partial charge >= 0.3 is 12.0 Å². The van der Waals surface area contributed by atoms with E-state index in [1.54, 1.807) is 38.1 Å². The van der Waals surface area contributed by atoms with E-state index in [1.165, 1.54) is 0 Å². The monoisotopic (exact) mass is 310 g/mol. The van der Waals surface area contributed by atoms with Gasteiger partial charge in [0.25, 0.3) is 5.91 Å². The quantitative estimate of drug-likeness (QED) is 0.678. The van der Waals surface area contributed by atoms with E-state index < -0.39 is 30.0 Å². The maximum absolute atomic E-state index is 11.9. The number of esters is 1. The number of carbonyl (C=O) groups excluding carboxylic acids is 3. The fourth-order valence-corrected chi connectivity index (χ4v) is 2.14. The second kappa shape index (κ2) is 5.73. The zero-order chi connectivity index (χ0) is 15.6. The summed E-state index contributed by atoms with van der Waals surface area (Å²) in [6, 6.07) is 6.29. The first kappa shape index (κ1) is 15.3. The number of nitrogens with zero attached hydrogens (tertiary/aromatic N) is 1. The predicted molar refractivity (Wildman–Crippen MR) is 75.6 cm³/mol. The van der Waals surface area contributed by atoms with Crippen molar-refractivity contribution in [3.05, 3.63) is 34.9 Å². The normalized spacial score (nSPS) is 16.8. The van der Waals surface area contributed by atoms with E-state index in [4.69, 9.17) is 16.3 Å². The molecule has 21 heavy (non-hydrogen) atoms. The first-order valence-corrected chi connectivity index (χ1v) is 6.71. The van der Waals surface area contributed by atoms with Gasteiger partial charge in [-0.15, -0.1) is 0 Å². The molecule has 0 bridgehead atoms. The Bertz CT molecular complexity index is 600. The van der Waals surface area contributed by atoms with Crippen molar-refractivity contribution in [1.29, 1.82) is 0 Å². The lowest BCUT2D eigenvalue weighted by Gasteiger charge is -2.15. The molecule has 0 atom stereocenters. The Morgan fingerprint density at radius 1 is 1.38 bits per heavy atom. The average molecular weight is 311 g/mol. The molecular weight excluding hydrogens is 296 g/mol. The van der Waals surface area contributed by atoms with E-state index in [0.717, 1.165) is 10.5 Å². The van der Waals surface area contributed by atoms with Crippen LogP contribution in [-0.4, -0.2) is 34.9 Å². The molecule has 3 amide bonds. The van der Waals surface area contributed by atoms with Gasteiger partial charge in [-0.3, -0.25) is 14.5 Å². The molecule has 1 aromatic carbocycles. The number of urea groups is 1. The van der Waals surface area contributed by atoms with Crippen molar-refractivity contribution >= 4 is 29.5 Å². The smallest absolute Gasteiger partial charge is 0.326 e. The molecule has 1 aromatic rings. The number of halogens is 1. The van der Waals surface area contributed by atoms with Gasteiger partial charge < -0.3 is 10.1 Å². The predicted octanol–water partition coefficient (Wildman–Crippen LogP) is 1.71. The minimum atomic E-state index is -0.996. The Balaban J connectivity index is 1.91. The number of hydrogen-bond acceptors (Lipinski definition) is 4. The molecule has 0 saturated carbocycles. The first-order valence-electron chi connectivity index (χ1n) is 6.34. The molecule has 7 heteroatoms. The van der Waals surface area contributed by atoms with Crippen LogP contribution in [-0.2, 0) is 20.9 Å². The van der Waals surface area contributed by atoms with Crippen LogP contribution >= 0.6 is 11.6 Å². The molecule has 0 aromatic heterocycles. The summed E-state index contributed by atoms with van der Waals surface area (Å²) in [5.41, 5.74) is -0.266. The number of benzene rings is 1. The molecule has 0 radical (unpaired) electrons. The maximum Gasteiger partial charge on any atom is 0.326 e. The van der Waals surface area contributed by atoms with Crippen LogP contribution < -0.4 is 5.32 Å². The Morgan fingerprint density at radius 2 is 2.10 bits per heavy atom. The number of ether oxygens (including phenoxy) is 1. The molecule has 1 N–H and O–H groups in total. The van der Waals surface area contributed by atoms with Crippen molar-refractivity contribution in [2.24, 2.45) is 0 Å². The third-order valence-electron chi connectivity index (χ3n) is 3.02. The summed E-state index contributed by atoms with van der Waals surface area (Å²) in [4.78, 5) is 36.1. The van der Waals surface area contributed by atoms with Gasteiger partial charge in [-0.2, -0.15) is 0 Å². The van der Waals surface area contributed by atoms with Gasteiger partial charge in [0.2, 0.25) is 0 Å². The minimum Gasteiger partial charge on any atom is -0.459 e. The lowest BCUT2D eigenvalue weighted by Crippen LogP contribution is -2.41. The summed E-state index contributed by atoms with van der Waals surface area (Å²) < 4.78 is 5.04. The van der Waals surface area contributed by atoms with E-state index in [0.29, 0.717) is 5.02 Å². The molecule has 1 aliphatic heterocycles. The lowest BCUT2D eigenvalue weighted by atomic mass is 10.1. The van der Waals surface area contributed by atoms with Crippen LogP contribution in [0.3, 0.4) is 0 Å². The number of nitrogens with one attached hydrogen (secondary N) is 1. The number of rotatable bonds is 4. The van der Waals surface area contributed by atoms with Crippen LogP contribution in [0, 0.1) is 0 Å². The van der Waals surface area contributed by atoms with Crippen molar-refractivity contribution in [3.63, 3.8) is 0 Å². The standard InChI is InChI=1S/C14H15ClN2O4/c1-14(2)12(19)17(13(20)16-14)7-11(18)21-8-9-4-3-5-10(15)6-9/h3-6H,7-8H2,1-2H3,(H,16,20). The highest BCUT2D eigenvalue weighted by Crippen LogP contribution is 2.16. The summed E-state index contributed by atoms with van der Waals surface area (Å²) >= 11 is 5.82. The molecule has 2 rings (SSSR count). The van der Waals surface area contributed by atoms with Crippen molar-refractivity contribution in [2.45, 2.75) is 26.0 Å². The Hall–Kier alpha value is -2.08. The maximum atomic E-state index is 11.9. The average Bonchev–Trinajstić information content (AvgIpc) is 2.59. The first-order chi connectivity index (χ1) is 9.79. The molecule has 1 fully saturated rings. The van der Waals surface area contributed by atoms with E-state index >= 15 is 0 Å². The van der Waals surface area contributed by atoms with Crippen molar-refractivity contribution < 1.29 is 19.1 Å². The van der Waals surface area contributed by atoms with Gasteiger partial charge in [-0.05, 0) is 31.5 Å². The second-order valence-electron chi connectivity index (χ2n) is 5.24. The van der Waals surface area contributed by atoms with Crippen LogP contribution in [0.2, 0.25) is 5.02 Å². The van der Waals surface area contributed by atoms with Crippen molar-refractivity contribution in [3.8, 4) is 0 Å². The number of amides is 3. The largest absolute Gasteiger partial charge is 0.459 e. The molecule has 1 saturated heterocycles. The fraction of sp³-hybridized carbons (Fsp3) is 0.357. The van der Waals surface area contributed by atoms with Crippen molar-refractivity contribution in [1.82, 2.24) is 10.2 Å². The Labute approximate surface area is 127 Å². The highest BCUT2D eigenvalue weighted by Gasteiger charge is 2.45. The van der Waals surface area contributed by atoms with Crippen molar-refractivity contribution in [2.75, 3.05) is 6.54 Å². The zero-order valence-electron chi connectivity index (χ0n) is 11.7. The van der Waals surface area contributed by atoms with E-state index in [9.17, 15) is 14.4 Å². The highest BCUT2D eigenvalue weighted by atomic mass is 35.5. The molecule has 112 valence electrons. The summed E-state index contributed by atoms with van der Waals surface area (Å²) in [7, 11) is 0. The summed E-state index contributed by atoms with van der Waals surface area (Å²) in [5.74, 6) is -1.11. The number of imide groups is 1. The van der Waals surface area contributed by atoms with Crippen LogP contribution in [0.25, 0.3) is 0 Å². The Kier molecular flexibility index (Phi) is 4.18. The molecule has 1 aliphatic rings. The molecule has 0 aliphatic carbocycles. The van der Waals surface area contributed by atoms with Crippen LogP contribution in [0.1, 0.15) is 19.4 Å². The molecular formula is C14H15ClN2O4. The van der Waals surface area contributed by atoms with Gasteiger partial charge in [0.05, 0.1) is 0 Å². The SMILES string of the molecule is CC1(C)NC(=O)N(CC(=O)OCc2cccc(Cl)c2)C1=O. The van der Waals surface area contributed by atoms with E-state index in [1.807, 2.05) is 0 Å². The number of hydrogen-bond donors (Lipinski definition) is 1. The summed E-state index contributed by atoms with van der Waals surface area (Å²) in [6.07, 6.45) is 0. The molecule has 1 heterocycles. The van der Waals surface area contributed by atoms with Gasteiger partial charge in [-0.25, -0.2) is 4.79 Å². The van der Waals surface area contributed by atoms with Crippen LogP contribution in [0.15, 0.2) is 24.3 Å². The molecule has 6 nitrogen and oxygen atoms in total. The molecule has 0 unspecified atom stereocenters. The lowest BCUT2D eigenvalue weighted by molar-refractivity contribution is -0.148. The van der Waals surface area contributed by atoms with Gasteiger partial charge in [-0.1, -0.05) is 23.7 Å². The highest BCUT2D eigenvalue weighted by molar-refractivity contribution is 6.30. The third-order valence-corrected chi connectivity index (χ3v) is 3.26. The van der Waals surface area contributed by atoms with Gasteiger partial charge in [0.15, 0.2) is 0 Å². The minimum absolute atomic E-state index is 0.0342. The van der Waals surface area contributed by atoms with Crippen LogP contribution in [0.5, 0.6) is 0 Å². The van der Waals surface area contributed by atoms with Crippen LogP contribution in [0.4, 0.5) is 4.79 Å². The number of carbonyl (C=O) groups is 3. The molecule has 0 spiro atoms. The van der Waals surface area contributed by atoms with E-state index in [-0.39, 0.29) is 6.61 Å². The topological polar surface area (TPSA) is 75.7 Å². The van der Waals surface area contributed by atoms with Gasteiger partial charge in [0.1, 0.15) is 18.7 Å². The third kappa shape index (κ3) is 3.52. The second-order valence-corrected chi connectivity index (χ2v) is 5.67. The Morgan fingerprint density at radius 3 is 2.67 bits per heavy atom. The summed E-state index contributed by atoms with van der Waals surface area (Å²) in [5, 5.41) is 3.03. The van der Waals surface area contributed by atoms with Gasteiger partial charge in [0, 0.05) is 5.02 Å². The fourth-order valence-electron chi connectivity index (χ4n) is 1.93.